The van der Waals surface area contributed by atoms with Gasteiger partial charge in [0.1, 0.15) is 5.82 Å². The molecule has 2 heterocycles. The highest BCUT2D eigenvalue weighted by Gasteiger charge is 2.29. The average Bonchev–Trinajstić information content (AvgIpc) is 3.04. The summed E-state index contributed by atoms with van der Waals surface area (Å²) in [6, 6.07) is 7.45. The predicted octanol–water partition coefficient (Wildman–Crippen LogP) is 2.88. The van der Waals surface area contributed by atoms with Crippen LogP contribution < -0.4 is 0 Å². The predicted molar refractivity (Wildman–Crippen MR) is 99.9 cm³/mol. The molecule has 1 N–H and O–H groups in total. The number of aromatic carboxylic acids is 1. The van der Waals surface area contributed by atoms with Gasteiger partial charge in [-0.15, -0.1) is 0 Å². The van der Waals surface area contributed by atoms with E-state index >= 15 is 0 Å². The highest BCUT2D eigenvalue weighted by Crippen LogP contribution is 2.34. The van der Waals surface area contributed by atoms with Crippen LogP contribution in [0.5, 0.6) is 0 Å². The first-order valence-corrected chi connectivity index (χ1v) is 8.97. The molecule has 0 amide bonds. The molecule has 1 saturated heterocycles. The summed E-state index contributed by atoms with van der Waals surface area (Å²) in [4.78, 5) is 24.8. The zero-order valence-electron chi connectivity index (χ0n) is 15.6. The number of hydrogen-bond acceptors (Lipinski definition) is 5. The highest BCUT2D eigenvalue weighted by molar-refractivity contribution is 5.87. The van der Waals surface area contributed by atoms with Gasteiger partial charge in [-0.05, 0) is 58.1 Å². The number of carboxylic acids is 1. The van der Waals surface area contributed by atoms with Crippen LogP contribution in [0.1, 0.15) is 51.9 Å². The molecule has 2 aromatic rings. The lowest BCUT2D eigenvalue weighted by Crippen LogP contribution is -2.26. The molecule has 0 spiro atoms. The first-order chi connectivity index (χ1) is 12.4. The molecule has 1 fully saturated rings. The van der Waals surface area contributed by atoms with Crippen molar-refractivity contribution in [2.24, 2.45) is 0 Å². The Morgan fingerprint density at radius 1 is 1.31 bits per heavy atom. The molecule has 6 nitrogen and oxygen atoms in total. The quantitative estimate of drug-likeness (QED) is 0.860. The number of aromatic nitrogens is 2. The summed E-state index contributed by atoms with van der Waals surface area (Å²) in [5.74, 6) is -0.0828. The molecular formula is C20H26N4O2. The zero-order valence-corrected chi connectivity index (χ0v) is 15.6. The van der Waals surface area contributed by atoms with Crippen molar-refractivity contribution >= 4 is 5.97 Å². The molecule has 1 aromatic heterocycles. The summed E-state index contributed by atoms with van der Waals surface area (Å²) in [6.07, 6.45) is 4.18. The molecule has 0 saturated carbocycles. The van der Waals surface area contributed by atoms with Gasteiger partial charge in [0.15, 0.2) is 0 Å². The summed E-state index contributed by atoms with van der Waals surface area (Å²) in [6.45, 7) is 4.59. The number of carboxylic acid groups (broad SMARTS) is 1. The minimum absolute atomic E-state index is 0.283. The van der Waals surface area contributed by atoms with Gasteiger partial charge < -0.3 is 10.0 Å². The molecule has 0 unspecified atom stereocenters. The molecule has 138 valence electrons. The number of aryl methyl sites for hydroxylation is 1. The lowest BCUT2D eigenvalue weighted by Gasteiger charge is -2.26. The van der Waals surface area contributed by atoms with E-state index in [9.17, 15) is 4.79 Å². The maximum absolute atomic E-state index is 11.0. The van der Waals surface area contributed by atoms with Crippen molar-refractivity contribution in [1.29, 1.82) is 0 Å². The maximum atomic E-state index is 11.0. The van der Waals surface area contributed by atoms with Gasteiger partial charge in [0.25, 0.3) is 0 Å². The van der Waals surface area contributed by atoms with E-state index in [1.165, 1.54) is 5.56 Å². The second-order valence-corrected chi connectivity index (χ2v) is 7.20. The molecule has 0 radical (unpaired) electrons. The number of carbonyl (C=O) groups is 1. The van der Waals surface area contributed by atoms with E-state index in [1.54, 1.807) is 12.1 Å². The summed E-state index contributed by atoms with van der Waals surface area (Å²) >= 11 is 0. The van der Waals surface area contributed by atoms with Crippen LogP contribution >= 0.6 is 0 Å². The number of rotatable bonds is 6. The molecule has 0 aliphatic carbocycles. The minimum Gasteiger partial charge on any atom is -0.478 e. The Kier molecular flexibility index (Phi) is 5.64. The Hall–Kier alpha value is -2.31. The topological polar surface area (TPSA) is 69.6 Å². The largest absolute Gasteiger partial charge is 0.478 e. The van der Waals surface area contributed by atoms with Crippen LogP contribution in [0.3, 0.4) is 0 Å². The van der Waals surface area contributed by atoms with E-state index in [1.807, 2.05) is 25.3 Å². The Balaban J connectivity index is 1.82. The van der Waals surface area contributed by atoms with E-state index in [0.29, 0.717) is 5.56 Å². The van der Waals surface area contributed by atoms with Crippen molar-refractivity contribution in [3.8, 4) is 0 Å². The normalized spacial score (nSPS) is 17.8. The Morgan fingerprint density at radius 2 is 2.04 bits per heavy atom. The maximum Gasteiger partial charge on any atom is 0.335 e. The van der Waals surface area contributed by atoms with Crippen LogP contribution in [0.25, 0.3) is 0 Å². The van der Waals surface area contributed by atoms with Gasteiger partial charge in [0.05, 0.1) is 17.3 Å². The molecule has 1 atom stereocenters. The third-order valence-electron chi connectivity index (χ3n) is 4.77. The van der Waals surface area contributed by atoms with Crippen molar-refractivity contribution in [2.45, 2.75) is 38.9 Å². The van der Waals surface area contributed by atoms with Gasteiger partial charge in [-0.2, -0.15) is 0 Å². The highest BCUT2D eigenvalue weighted by atomic mass is 16.4. The summed E-state index contributed by atoms with van der Waals surface area (Å²) < 4.78 is 0. The van der Waals surface area contributed by atoms with Gasteiger partial charge >= 0.3 is 5.97 Å². The first kappa shape index (κ1) is 18.5. The number of nitrogens with zero attached hydrogens (tertiary/aromatic N) is 4. The number of hydrogen-bond donors (Lipinski definition) is 1. The molecule has 1 aromatic carbocycles. The van der Waals surface area contributed by atoms with E-state index in [2.05, 4.69) is 28.9 Å². The molecule has 1 aliphatic heterocycles. The van der Waals surface area contributed by atoms with Crippen molar-refractivity contribution in [3.63, 3.8) is 0 Å². The van der Waals surface area contributed by atoms with Crippen molar-refractivity contribution in [3.05, 3.63) is 58.7 Å². The van der Waals surface area contributed by atoms with Crippen LogP contribution in [0.2, 0.25) is 0 Å². The second-order valence-electron chi connectivity index (χ2n) is 7.20. The smallest absolute Gasteiger partial charge is 0.335 e. The van der Waals surface area contributed by atoms with Crippen molar-refractivity contribution in [2.75, 3.05) is 20.6 Å². The molecule has 3 rings (SSSR count). The Labute approximate surface area is 154 Å². The molecule has 26 heavy (non-hydrogen) atoms. The number of likely N-dealkylation sites (tertiary alicyclic amines) is 1. The van der Waals surface area contributed by atoms with Gasteiger partial charge in [0.2, 0.25) is 0 Å². The van der Waals surface area contributed by atoms with Crippen LogP contribution in [-0.4, -0.2) is 51.5 Å². The fraction of sp³-hybridized carbons (Fsp3) is 0.450. The molecule has 6 heteroatoms. The van der Waals surface area contributed by atoms with Crippen LogP contribution in [-0.2, 0) is 13.1 Å². The van der Waals surface area contributed by atoms with E-state index in [0.717, 1.165) is 49.6 Å². The number of benzene rings is 1. The molecule has 1 aliphatic rings. The van der Waals surface area contributed by atoms with E-state index < -0.39 is 5.97 Å². The standard InChI is InChI=1S/C20H26N4O2/c1-14-21-11-17(13-23(2)3)19(22-14)18-5-4-10-24(18)12-15-6-8-16(9-7-15)20(25)26/h6-9,11,18H,4-5,10,12-13H2,1-3H3,(H,25,26)/t18-/m0/s1. The fourth-order valence-corrected chi connectivity index (χ4v) is 3.58. The minimum atomic E-state index is -0.889. The van der Waals surface area contributed by atoms with Gasteiger partial charge in [-0.25, -0.2) is 14.8 Å². The van der Waals surface area contributed by atoms with Crippen LogP contribution in [0, 0.1) is 6.92 Å². The lowest BCUT2D eigenvalue weighted by molar-refractivity contribution is 0.0697. The van der Waals surface area contributed by atoms with Gasteiger partial charge in [0, 0.05) is 24.8 Å². The molecule has 0 bridgehead atoms. The Morgan fingerprint density at radius 3 is 2.69 bits per heavy atom. The SMILES string of the molecule is Cc1ncc(CN(C)C)c([C@@H]2CCCN2Cc2ccc(C(=O)O)cc2)n1. The van der Waals surface area contributed by atoms with E-state index in [4.69, 9.17) is 10.1 Å². The van der Waals surface area contributed by atoms with Crippen molar-refractivity contribution < 1.29 is 9.90 Å². The second kappa shape index (κ2) is 7.93. The summed E-state index contributed by atoms with van der Waals surface area (Å²) in [5, 5.41) is 9.05. The zero-order chi connectivity index (χ0) is 18.7. The third-order valence-corrected chi connectivity index (χ3v) is 4.77. The first-order valence-electron chi connectivity index (χ1n) is 8.97. The van der Waals surface area contributed by atoms with Crippen LogP contribution in [0.15, 0.2) is 30.5 Å². The summed E-state index contributed by atoms with van der Waals surface area (Å²) in [7, 11) is 4.11. The monoisotopic (exact) mass is 354 g/mol. The van der Waals surface area contributed by atoms with Gasteiger partial charge in [-0.3, -0.25) is 4.90 Å². The van der Waals surface area contributed by atoms with Gasteiger partial charge in [-0.1, -0.05) is 12.1 Å². The average molecular weight is 354 g/mol. The Bertz CT molecular complexity index is 774. The van der Waals surface area contributed by atoms with Crippen molar-refractivity contribution in [1.82, 2.24) is 19.8 Å². The van der Waals surface area contributed by atoms with Crippen LogP contribution in [0.4, 0.5) is 0 Å². The summed E-state index contributed by atoms with van der Waals surface area (Å²) in [5.41, 5.74) is 3.76. The third kappa shape index (κ3) is 4.26. The fourth-order valence-electron chi connectivity index (χ4n) is 3.58. The van der Waals surface area contributed by atoms with E-state index in [-0.39, 0.29) is 6.04 Å². The molecular weight excluding hydrogens is 328 g/mol. The lowest BCUT2D eigenvalue weighted by atomic mass is 10.0.